The van der Waals surface area contributed by atoms with Crippen LogP contribution in [-0.4, -0.2) is 20.6 Å². The first-order valence-electron chi connectivity index (χ1n) is 7.78. The summed E-state index contributed by atoms with van der Waals surface area (Å²) in [6.07, 6.45) is 2.97. The SMILES string of the molecule is CC[C@H](C)Nc1c(C)c(C)nc2c(-c3ccccc3)cnn12. The summed E-state index contributed by atoms with van der Waals surface area (Å²) in [6.45, 7) is 8.51. The maximum atomic E-state index is 4.77. The van der Waals surface area contributed by atoms with Crippen LogP contribution in [0.25, 0.3) is 16.8 Å². The Balaban J connectivity index is 2.20. The Labute approximate surface area is 131 Å². The van der Waals surface area contributed by atoms with Crippen LogP contribution in [0.2, 0.25) is 0 Å². The van der Waals surface area contributed by atoms with Crippen molar-refractivity contribution < 1.29 is 0 Å². The number of hydrogen-bond donors (Lipinski definition) is 1. The van der Waals surface area contributed by atoms with Crippen molar-refractivity contribution in [2.45, 2.75) is 40.2 Å². The molecule has 0 aliphatic rings. The molecule has 0 aliphatic heterocycles. The minimum absolute atomic E-state index is 0.396. The molecule has 22 heavy (non-hydrogen) atoms. The van der Waals surface area contributed by atoms with Gasteiger partial charge in [-0.3, -0.25) is 0 Å². The fraction of sp³-hybridized carbons (Fsp3) is 0.333. The predicted octanol–water partition coefficient (Wildman–Crippen LogP) is 4.22. The second-order valence-corrected chi connectivity index (χ2v) is 5.78. The van der Waals surface area contributed by atoms with E-state index in [2.05, 4.69) is 50.2 Å². The molecule has 4 heteroatoms. The molecule has 2 aromatic heterocycles. The van der Waals surface area contributed by atoms with Gasteiger partial charge in [0.1, 0.15) is 5.82 Å². The summed E-state index contributed by atoms with van der Waals surface area (Å²) in [6, 6.07) is 10.7. The van der Waals surface area contributed by atoms with Crippen molar-refractivity contribution in [2.75, 3.05) is 5.32 Å². The Morgan fingerprint density at radius 3 is 2.59 bits per heavy atom. The molecule has 3 rings (SSSR count). The molecule has 0 spiro atoms. The number of rotatable bonds is 4. The Hall–Kier alpha value is -2.36. The molecule has 2 heterocycles. The van der Waals surface area contributed by atoms with E-state index in [4.69, 9.17) is 4.98 Å². The van der Waals surface area contributed by atoms with E-state index in [0.29, 0.717) is 6.04 Å². The van der Waals surface area contributed by atoms with Gasteiger partial charge in [0.2, 0.25) is 0 Å². The molecule has 0 unspecified atom stereocenters. The van der Waals surface area contributed by atoms with Gasteiger partial charge in [0.15, 0.2) is 5.65 Å². The average molecular weight is 294 g/mol. The largest absolute Gasteiger partial charge is 0.367 e. The summed E-state index contributed by atoms with van der Waals surface area (Å²) in [5.74, 6) is 1.04. The second-order valence-electron chi connectivity index (χ2n) is 5.78. The highest BCUT2D eigenvalue weighted by molar-refractivity contribution is 5.78. The molecule has 0 saturated heterocycles. The van der Waals surface area contributed by atoms with Gasteiger partial charge in [-0.2, -0.15) is 9.61 Å². The first kappa shape index (κ1) is 14.6. The lowest BCUT2D eigenvalue weighted by Crippen LogP contribution is -2.18. The van der Waals surface area contributed by atoms with Crippen LogP contribution >= 0.6 is 0 Å². The van der Waals surface area contributed by atoms with Gasteiger partial charge in [-0.25, -0.2) is 4.98 Å². The van der Waals surface area contributed by atoms with E-state index in [0.717, 1.165) is 40.3 Å². The lowest BCUT2D eigenvalue weighted by Gasteiger charge is -2.17. The van der Waals surface area contributed by atoms with Gasteiger partial charge in [-0.15, -0.1) is 0 Å². The molecule has 1 atom stereocenters. The molecule has 3 aromatic rings. The summed E-state index contributed by atoms with van der Waals surface area (Å²) in [5, 5.41) is 8.14. The van der Waals surface area contributed by atoms with Gasteiger partial charge >= 0.3 is 0 Å². The molecule has 0 saturated carbocycles. The van der Waals surface area contributed by atoms with Gasteiger partial charge in [-0.05, 0) is 32.8 Å². The summed E-state index contributed by atoms with van der Waals surface area (Å²) in [5.41, 5.74) is 5.30. The zero-order valence-electron chi connectivity index (χ0n) is 13.6. The van der Waals surface area contributed by atoms with Crippen LogP contribution < -0.4 is 5.32 Å². The van der Waals surface area contributed by atoms with Crippen LogP contribution in [-0.2, 0) is 0 Å². The Morgan fingerprint density at radius 2 is 1.91 bits per heavy atom. The lowest BCUT2D eigenvalue weighted by molar-refractivity contribution is 0.745. The van der Waals surface area contributed by atoms with E-state index in [1.165, 1.54) is 0 Å². The molecule has 0 fully saturated rings. The zero-order chi connectivity index (χ0) is 15.7. The van der Waals surface area contributed by atoms with Crippen LogP contribution in [0.5, 0.6) is 0 Å². The van der Waals surface area contributed by atoms with Crippen LogP contribution in [0.1, 0.15) is 31.5 Å². The second kappa shape index (κ2) is 5.79. The summed E-state index contributed by atoms with van der Waals surface area (Å²) < 4.78 is 1.93. The van der Waals surface area contributed by atoms with Crippen molar-refractivity contribution in [1.82, 2.24) is 14.6 Å². The number of fused-ring (bicyclic) bond motifs is 1. The highest BCUT2D eigenvalue weighted by atomic mass is 15.3. The van der Waals surface area contributed by atoms with Crippen LogP contribution in [0.3, 0.4) is 0 Å². The maximum Gasteiger partial charge on any atom is 0.165 e. The van der Waals surface area contributed by atoms with E-state index in [-0.39, 0.29) is 0 Å². The van der Waals surface area contributed by atoms with Gasteiger partial charge in [0.05, 0.1) is 6.20 Å². The number of benzene rings is 1. The molecule has 1 aromatic carbocycles. The van der Waals surface area contributed by atoms with Crippen LogP contribution in [0.4, 0.5) is 5.82 Å². The third-order valence-corrected chi connectivity index (χ3v) is 4.21. The number of hydrogen-bond acceptors (Lipinski definition) is 3. The molecular formula is C18H22N4. The summed E-state index contributed by atoms with van der Waals surface area (Å²) >= 11 is 0. The third kappa shape index (κ3) is 2.45. The number of aryl methyl sites for hydroxylation is 1. The standard InChI is InChI=1S/C18H22N4/c1-5-12(2)20-17-13(3)14(4)21-18-16(11-19-22(17)18)15-9-7-6-8-10-15/h6-12,20H,5H2,1-4H3/t12-/m0/s1. The van der Waals surface area contributed by atoms with E-state index >= 15 is 0 Å². The first-order valence-corrected chi connectivity index (χ1v) is 7.78. The molecule has 0 radical (unpaired) electrons. The topological polar surface area (TPSA) is 42.2 Å². The Morgan fingerprint density at radius 1 is 1.18 bits per heavy atom. The van der Waals surface area contributed by atoms with Crippen molar-refractivity contribution in [3.05, 3.63) is 47.8 Å². The Bertz CT molecular complexity index is 790. The first-order chi connectivity index (χ1) is 10.6. The minimum Gasteiger partial charge on any atom is -0.367 e. The van der Waals surface area contributed by atoms with E-state index < -0.39 is 0 Å². The predicted molar refractivity (Wildman–Crippen MR) is 91.3 cm³/mol. The highest BCUT2D eigenvalue weighted by Crippen LogP contribution is 2.28. The normalized spacial score (nSPS) is 12.5. The number of aromatic nitrogens is 3. The monoisotopic (exact) mass is 294 g/mol. The smallest absolute Gasteiger partial charge is 0.165 e. The van der Waals surface area contributed by atoms with Crippen molar-refractivity contribution >= 4 is 11.5 Å². The molecule has 0 aliphatic carbocycles. The van der Waals surface area contributed by atoms with Crippen LogP contribution in [0.15, 0.2) is 36.5 Å². The lowest BCUT2D eigenvalue weighted by atomic mass is 10.1. The average Bonchev–Trinajstić information content (AvgIpc) is 2.95. The highest BCUT2D eigenvalue weighted by Gasteiger charge is 2.15. The molecule has 114 valence electrons. The van der Waals surface area contributed by atoms with Gasteiger partial charge in [0, 0.05) is 22.9 Å². The van der Waals surface area contributed by atoms with E-state index in [1.807, 2.05) is 28.9 Å². The van der Waals surface area contributed by atoms with Crippen molar-refractivity contribution in [1.29, 1.82) is 0 Å². The molecular weight excluding hydrogens is 272 g/mol. The fourth-order valence-electron chi connectivity index (χ4n) is 2.51. The van der Waals surface area contributed by atoms with E-state index in [1.54, 1.807) is 0 Å². The molecule has 1 N–H and O–H groups in total. The van der Waals surface area contributed by atoms with Gasteiger partial charge in [0.25, 0.3) is 0 Å². The molecule has 0 amide bonds. The van der Waals surface area contributed by atoms with Crippen molar-refractivity contribution in [3.8, 4) is 11.1 Å². The molecule has 4 nitrogen and oxygen atoms in total. The van der Waals surface area contributed by atoms with Crippen molar-refractivity contribution in [3.63, 3.8) is 0 Å². The number of anilines is 1. The molecule has 0 bridgehead atoms. The number of nitrogens with zero attached hydrogens (tertiary/aromatic N) is 3. The van der Waals surface area contributed by atoms with E-state index in [9.17, 15) is 0 Å². The zero-order valence-corrected chi connectivity index (χ0v) is 13.6. The van der Waals surface area contributed by atoms with Gasteiger partial charge in [-0.1, -0.05) is 37.3 Å². The third-order valence-electron chi connectivity index (χ3n) is 4.21. The Kier molecular flexibility index (Phi) is 3.84. The summed E-state index contributed by atoms with van der Waals surface area (Å²) in [4.78, 5) is 4.77. The number of nitrogens with one attached hydrogen (secondary N) is 1. The van der Waals surface area contributed by atoms with Gasteiger partial charge < -0.3 is 5.32 Å². The van der Waals surface area contributed by atoms with Crippen LogP contribution in [0, 0.1) is 13.8 Å². The maximum absolute atomic E-state index is 4.77. The minimum atomic E-state index is 0.396. The quantitative estimate of drug-likeness (QED) is 0.783. The fourth-order valence-corrected chi connectivity index (χ4v) is 2.51. The van der Waals surface area contributed by atoms with Crippen molar-refractivity contribution in [2.24, 2.45) is 0 Å². The summed E-state index contributed by atoms with van der Waals surface area (Å²) in [7, 11) is 0.